The molecule has 0 aliphatic heterocycles. The molecule has 1 saturated carbocycles. The van der Waals surface area contributed by atoms with Gasteiger partial charge in [-0.15, -0.1) is 11.3 Å². The highest BCUT2D eigenvalue weighted by atomic mass is 32.1. The van der Waals surface area contributed by atoms with Crippen LogP contribution in [0.25, 0.3) is 0 Å². The van der Waals surface area contributed by atoms with E-state index in [0.717, 1.165) is 18.0 Å². The summed E-state index contributed by atoms with van der Waals surface area (Å²) in [5, 5.41) is 6.86. The van der Waals surface area contributed by atoms with Gasteiger partial charge in [-0.05, 0) is 19.3 Å². The van der Waals surface area contributed by atoms with Gasteiger partial charge in [0.05, 0.1) is 18.2 Å². The zero-order valence-corrected chi connectivity index (χ0v) is 11.4. The first-order valence-corrected chi connectivity index (χ1v) is 7.42. The lowest BCUT2D eigenvalue weighted by Gasteiger charge is -2.18. The van der Waals surface area contributed by atoms with E-state index in [2.05, 4.69) is 26.8 Å². The van der Waals surface area contributed by atoms with Crippen LogP contribution in [0, 0.1) is 0 Å². The second-order valence-corrected chi connectivity index (χ2v) is 5.68. The molecule has 4 nitrogen and oxygen atoms in total. The lowest BCUT2D eigenvalue weighted by atomic mass is 10.2. The summed E-state index contributed by atoms with van der Waals surface area (Å²) in [6.45, 7) is 3.21. The van der Waals surface area contributed by atoms with E-state index in [1.54, 1.807) is 11.3 Å². The molecular weight excluding hydrogens is 244 g/mol. The minimum Gasteiger partial charge on any atom is -0.333 e. The molecule has 2 aromatic heterocycles. The zero-order valence-electron chi connectivity index (χ0n) is 10.5. The van der Waals surface area contributed by atoms with E-state index in [0.29, 0.717) is 6.04 Å². The molecule has 0 amide bonds. The predicted octanol–water partition coefficient (Wildman–Crippen LogP) is 2.59. The van der Waals surface area contributed by atoms with Crippen molar-refractivity contribution in [1.29, 1.82) is 0 Å². The average molecular weight is 262 g/mol. The van der Waals surface area contributed by atoms with Crippen LogP contribution in [0.15, 0.2) is 24.1 Å². The van der Waals surface area contributed by atoms with Crippen molar-refractivity contribution in [3.05, 3.63) is 34.8 Å². The molecule has 1 aliphatic rings. The van der Waals surface area contributed by atoms with Crippen LogP contribution in [-0.2, 0) is 6.54 Å². The number of imidazole rings is 1. The molecule has 5 heteroatoms. The van der Waals surface area contributed by atoms with Crippen molar-refractivity contribution in [2.75, 3.05) is 0 Å². The van der Waals surface area contributed by atoms with Gasteiger partial charge in [-0.2, -0.15) is 0 Å². The minimum atomic E-state index is 0.201. The number of thiazole rings is 1. The standard InChI is InChI=1S/C13H18N4S/c1-2-6-17-9-14-8-11(17)12(16-10-3-4-10)13-15-5-7-18-13/h5,7-10,12,16H,2-4,6H2,1H3. The summed E-state index contributed by atoms with van der Waals surface area (Å²) in [7, 11) is 0. The van der Waals surface area contributed by atoms with Gasteiger partial charge in [0.15, 0.2) is 0 Å². The summed E-state index contributed by atoms with van der Waals surface area (Å²) in [6.07, 6.45) is 9.46. The highest BCUT2D eigenvalue weighted by molar-refractivity contribution is 7.09. The van der Waals surface area contributed by atoms with Crippen LogP contribution < -0.4 is 5.32 Å². The fourth-order valence-electron chi connectivity index (χ4n) is 2.15. The summed E-state index contributed by atoms with van der Waals surface area (Å²) in [4.78, 5) is 8.77. The van der Waals surface area contributed by atoms with Crippen LogP contribution in [0.4, 0.5) is 0 Å². The minimum absolute atomic E-state index is 0.201. The summed E-state index contributed by atoms with van der Waals surface area (Å²) < 4.78 is 2.24. The van der Waals surface area contributed by atoms with E-state index < -0.39 is 0 Å². The molecule has 2 heterocycles. The number of aryl methyl sites for hydroxylation is 1. The molecule has 1 atom stereocenters. The number of rotatable bonds is 6. The van der Waals surface area contributed by atoms with Gasteiger partial charge in [-0.3, -0.25) is 0 Å². The Hall–Kier alpha value is -1.20. The third-order valence-electron chi connectivity index (χ3n) is 3.18. The van der Waals surface area contributed by atoms with E-state index in [-0.39, 0.29) is 6.04 Å². The average Bonchev–Trinajstić information content (AvgIpc) is 2.88. The van der Waals surface area contributed by atoms with Gasteiger partial charge in [0.1, 0.15) is 11.0 Å². The third-order valence-corrected chi connectivity index (χ3v) is 4.02. The van der Waals surface area contributed by atoms with Gasteiger partial charge >= 0.3 is 0 Å². The molecular formula is C13H18N4S. The van der Waals surface area contributed by atoms with Crippen molar-refractivity contribution >= 4 is 11.3 Å². The highest BCUT2D eigenvalue weighted by Crippen LogP contribution is 2.29. The lowest BCUT2D eigenvalue weighted by molar-refractivity contribution is 0.541. The first-order valence-electron chi connectivity index (χ1n) is 6.54. The molecule has 3 rings (SSSR count). The van der Waals surface area contributed by atoms with Crippen molar-refractivity contribution in [1.82, 2.24) is 19.9 Å². The Balaban J connectivity index is 1.89. The van der Waals surface area contributed by atoms with E-state index in [4.69, 9.17) is 0 Å². The van der Waals surface area contributed by atoms with E-state index in [1.807, 2.05) is 24.1 Å². The van der Waals surface area contributed by atoms with Crippen LogP contribution in [0.3, 0.4) is 0 Å². The maximum atomic E-state index is 4.47. The monoisotopic (exact) mass is 262 g/mol. The van der Waals surface area contributed by atoms with Crippen molar-refractivity contribution < 1.29 is 0 Å². The summed E-state index contributed by atoms with van der Waals surface area (Å²) in [5.74, 6) is 0. The molecule has 0 radical (unpaired) electrons. The molecule has 0 spiro atoms. The summed E-state index contributed by atoms with van der Waals surface area (Å²) >= 11 is 1.71. The summed E-state index contributed by atoms with van der Waals surface area (Å²) in [5.41, 5.74) is 1.23. The Labute approximate surface area is 111 Å². The molecule has 0 bridgehead atoms. The van der Waals surface area contributed by atoms with Crippen LogP contribution in [0.1, 0.15) is 42.9 Å². The second-order valence-electron chi connectivity index (χ2n) is 4.76. The van der Waals surface area contributed by atoms with Gasteiger partial charge < -0.3 is 9.88 Å². The van der Waals surface area contributed by atoms with Gasteiger partial charge in [0.25, 0.3) is 0 Å². The molecule has 1 fully saturated rings. The Bertz CT molecular complexity index is 487. The van der Waals surface area contributed by atoms with Crippen molar-refractivity contribution in [3.63, 3.8) is 0 Å². The fourth-order valence-corrected chi connectivity index (χ4v) is 2.85. The Morgan fingerprint density at radius 3 is 3.11 bits per heavy atom. The van der Waals surface area contributed by atoms with E-state index in [1.165, 1.54) is 18.5 Å². The maximum Gasteiger partial charge on any atom is 0.116 e. The van der Waals surface area contributed by atoms with Crippen molar-refractivity contribution in [2.24, 2.45) is 0 Å². The van der Waals surface area contributed by atoms with Gasteiger partial charge in [-0.1, -0.05) is 6.92 Å². The highest BCUT2D eigenvalue weighted by Gasteiger charge is 2.29. The summed E-state index contributed by atoms with van der Waals surface area (Å²) in [6, 6.07) is 0.857. The van der Waals surface area contributed by atoms with Crippen LogP contribution >= 0.6 is 11.3 Å². The zero-order chi connectivity index (χ0) is 12.4. The Morgan fingerprint density at radius 1 is 1.56 bits per heavy atom. The van der Waals surface area contributed by atoms with Gasteiger partial charge in [0.2, 0.25) is 0 Å². The number of nitrogens with one attached hydrogen (secondary N) is 1. The van der Waals surface area contributed by atoms with E-state index >= 15 is 0 Å². The predicted molar refractivity (Wildman–Crippen MR) is 72.6 cm³/mol. The molecule has 1 aliphatic carbocycles. The van der Waals surface area contributed by atoms with Crippen LogP contribution in [0.5, 0.6) is 0 Å². The fraction of sp³-hybridized carbons (Fsp3) is 0.538. The molecule has 96 valence electrons. The van der Waals surface area contributed by atoms with Crippen LogP contribution in [0.2, 0.25) is 0 Å². The smallest absolute Gasteiger partial charge is 0.116 e. The van der Waals surface area contributed by atoms with E-state index in [9.17, 15) is 0 Å². The molecule has 18 heavy (non-hydrogen) atoms. The van der Waals surface area contributed by atoms with Crippen molar-refractivity contribution in [3.8, 4) is 0 Å². The Kier molecular flexibility index (Phi) is 3.43. The van der Waals surface area contributed by atoms with Crippen LogP contribution in [-0.4, -0.2) is 20.6 Å². The molecule has 0 aromatic carbocycles. The first kappa shape index (κ1) is 11.9. The molecule has 2 aromatic rings. The largest absolute Gasteiger partial charge is 0.333 e. The number of hydrogen-bond acceptors (Lipinski definition) is 4. The normalized spacial score (nSPS) is 16.9. The lowest BCUT2D eigenvalue weighted by Crippen LogP contribution is -2.26. The van der Waals surface area contributed by atoms with Gasteiger partial charge in [0, 0.05) is 24.2 Å². The SMILES string of the molecule is CCCn1cncc1C(NC1CC1)c1nccs1. The Morgan fingerprint density at radius 2 is 2.44 bits per heavy atom. The number of hydrogen-bond donors (Lipinski definition) is 1. The second kappa shape index (κ2) is 5.20. The number of nitrogens with zero attached hydrogens (tertiary/aromatic N) is 3. The molecule has 1 N–H and O–H groups in total. The molecule has 0 saturated heterocycles. The topological polar surface area (TPSA) is 42.7 Å². The first-order chi connectivity index (χ1) is 8.88. The maximum absolute atomic E-state index is 4.47. The van der Waals surface area contributed by atoms with Crippen molar-refractivity contribution in [2.45, 2.75) is 44.8 Å². The number of aromatic nitrogens is 3. The van der Waals surface area contributed by atoms with Gasteiger partial charge in [-0.25, -0.2) is 9.97 Å². The third kappa shape index (κ3) is 2.47. The molecule has 1 unspecified atom stereocenters. The quantitative estimate of drug-likeness (QED) is 0.870.